The zero-order valence-corrected chi connectivity index (χ0v) is 27.6. The first kappa shape index (κ1) is 33.1. The largest absolute Gasteiger partial charge is 0.439 e. The number of ether oxygens (including phenoxy) is 1. The number of pyridine rings is 1. The summed E-state index contributed by atoms with van der Waals surface area (Å²) in [5, 5.41) is 2.33. The van der Waals surface area contributed by atoms with Crippen LogP contribution in [0.3, 0.4) is 0 Å². The van der Waals surface area contributed by atoms with Crippen molar-refractivity contribution in [2.45, 2.75) is 31.7 Å². The summed E-state index contributed by atoms with van der Waals surface area (Å²) in [6.45, 7) is 5.08. The van der Waals surface area contributed by atoms with E-state index < -0.39 is 6.09 Å². The number of benzene rings is 2. The van der Waals surface area contributed by atoms with Gasteiger partial charge in [-0.1, -0.05) is 60.7 Å². The van der Waals surface area contributed by atoms with E-state index in [2.05, 4.69) is 10.2 Å². The molecule has 11 heteroatoms. The molecule has 0 radical (unpaired) electrons. The molecule has 0 spiro atoms. The molecule has 1 N–H and O–H groups in total. The van der Waals surface area contributed by atoms with Gasteiger partial charge in [0.05, 0.1) is 11.4 Å². The maximum atomic E-state index is 13.8. The quantitative estimate of drug-likeness (QED) is 0.414. The van der Waals surface area contributed by atoms with Gasteiger partial charge in [0.1, 0.15) is 0 Å². The summed E-state index contributed by atoms with van der Waals surface area (Å²) in [7, 11) is 1.45. The van der Waals surface area contributed by atoms with Gasteiger partial charge in [-0.15, -0.1) is 0 Å². The second-order valence-electron chi connectivity index (χ2n) is 12.7. The molecule has 4 heterocycles. The Hall–Kier alpha value is -4.77. The van der Waals surface area contributed by atoms with Crippen LogP contribution in [-0.2, 0) is 14.3 Å². The normalized spacial score (nSPS) is 18.0. The van der Waals surface area contributed by atoms with Gasteiger partial charge in [-0.3, -0.25) is 19.3 Å². The van der Waals surface area contributed by atoms with Crippen molar-refractivity contribution in [1.29, 1.82) is 0 Å². The Bertz CT molecular complexity index is 1520. The molecule has 48 heavy (non-hydrogen) atoms. The zero-order chi connectivity index (χ0) is 33.5. The average molecular weight is 653 g/mol. The SMILES string of the molecule is CNC(=O)OCC(=O)N1CCC(C(=O)N2CCC(N3CCN(C(=O)c4cc(-c5ccccc5)nc(-c5ccccc5)c4)CC3)CC2)CC1. The smallest absolute Gasteiger partial charge is 0.407 e. The second-order valence-corrected chi connectivity index (χ2v) is 12.7. The number of piperidine rings is 2. The van der Waals surface area contributed by atoms with Gasteiger partial charge < -0.3 is 24.8 Å². The lowest BCUT2D eigenvalue weighted by Gasteiger charge is -2.43. The summed E-state index contributed by atoms with van der Waals surface area (Å²) in [5.74, 6) is -0.113. The minimum atomic E-state index is -0.632. The molecular weight excluding hydrogens is 608 g/mol. The predicted molar refractivity (Wildman–Crippen MR) is 182 cm³/mol. The van der Waals surface area contributed by atoms with E-state index in [1.54, 1.807) is 4.90 Å². The second kappa shape index (κ2) is 15.4. The molecule has 4 amide bonds. The molecule has 0 unspecified atom stereocenters. The van der Waals surface area contributed by atoms with Crippen molar-refractivity contribution < 1.29 is 23.9 Å². The van der Waals surface area contributed by atoms with Crippen molar-refractivity contribution in [2.75, 3.05) is 66.0 Å². The fourth-order valence-corrected chi connectivity index (χ4v) is 7.02. The highest BCUT2D eigenvalue weighted by Crippen LogP contribution is 2.27. The molecule has 3 aliphatic rings. The Morgan fingerprint density at radius 3 is 1.79 bits per heavy atom. The molecule has 2 aromatic carbocycles. The van der Waals surface area contributed by atoms with Gasteiger partial charge in [0.2, 0.25) is 5.91 Å². The predicted octanol–water partition coefficient (Wildman–Crippen LogP) is 3.76. The lowest BCUT2D eigenvalue weighted by atomic mass is 9.93. The molecule has 0 atom stereocenters. The number of likely N-dealkylation sites (tertiary alicyclic amines) is 2. The number of carbonyl (C=O) groups is 4. The third-order valence-corrected chi connectivity index (χ3v) is 9.83. The van der Waals surface area contributed by atoms with Crippen LogP contribution in [0, 0.1) is 5.92 Å². The molecule has 6 rings (SSSR count). The summed E-state index contributed by atoms with van der Waals surface area (Å²) < 4.78 is 4.87. The van der Waals surface area contributed by atoms with Crippen molar-refractivity contribution in [3.8, 4) is 22.5 Å². The number of amides is 4. The first-order valence-electron chi connectivity index (χ1n) is 17.0. The fraction of sp³-hybridized carbons (Fsp3) is 0.432. The maximum absolute atomic E-state index is 13.8. The molecule has 3 saturated heterocycles. The monoisotopic (exact) mass is 652 g/mol. The van der Waals surface area contributed by atoms with E-state index in [9.17, 15) is 19.2 Å². The first-order chi connectivity index (χ1) is 23.4. The van der Waals surface area contributed by atoms with Crippen LogP contribution < -0.4 is 5.32 Å². The standard InChI is InChI=1S/C37H44N6O5/c1-38-37(47)48-26-34(44)41-16-12-29(13-17-41)35(45)42-18-14-31(15-19-42)40-20-22-43(23-21-40)36(46)30-24-32(27-8-4-2-5-9-27)39-33(25-30)28-10-6-3-7-11-28/h2-11,24-25,29,31H,12-23,26H2,1H3,(H,38,47). The van der Waals surface area contributed by atoms with E-state index in [-0.39, 0.29) is 30.2 Å². The number of carbonyl (C=O) groups excluding carboxylic acids is 4. The van der Waals surface area contributed by atoms with E-state index in [0.717, 1.165) is 61.5 Å². The lowest BCUT2D eigenvalue weighted by molar-refractivity contribution is -0.143. The Kier molecular flexibility index (Phi) is 10.6. The third kappa shape index (κ3) is 7.84. The average Bonchev–Trinajstić information content (AvgIpc) is 3.17. The van der Waals surface area contributed by atoms with E-state index in [1.165, 1.54) is 7.05 Å². The maximum Gasteiger partial charge on any atom is 0.407 e. The van der Waals surface area contributed by atoms with Crippen LogP contribution in [0.2, 0.25) is 0 Å². The number of piperazine rings is 1. The Morgan fingerprint density at radius 2 is 1.25 bits per heavy atom. The topological polar surface area (TPSA) is 115 Å². The summed E-state index contributed by atoms with van der Waals surface area (Å²) in [4.78, 5) is 63.8. The van der Waals surface area contributed by atoms with Crippen LogP contribution in [0.4, 0.5) is 4.79 Å². The van der Waals surface area contributed by atoms with E-state index in [4.69, 9.17) is 9.72 Å². The van der Waals surface area contributed by atoms with E-state index in [1.807, 2.05) is 82.6 Å². The summed E-state index contributed by atoms with van der Waals surface area (Å²) in [6, 6.07) is 24.2. The van der Waals surface area contributed by atoms with Crippen LogP contribution in [-0.4, -0.2) is 120 Å². The minimum absolute atomic E-state index is 0.0264. The van der Waals surface area contributed by atoms with Gasteiger partial charge >= 0.3 is 6.09 Å². The molecule has 3 aromatic rings. The number of hydrogen-bond acceptors (Lipinski definition) is 7. The van der Waals surface area contributed by atoms with Crippen LogP contribution in [0.15, 0.2) is 72.8 Å². The van der Waals surface area contributed by atoms with Crippen molar-refractivity contribution in [1.82, 2.24) is 29.9 Å². The number of rotatable bonds is 7. The van der Waals surface area contributed by atoms with Crippen molar-refractivity contribution in [3.63, 3.8) is 0 Å². The highest BCUT2D eigenvalue weighted by atomic mass is 16.6. The lowest BCUT2D eigenvalue weighted by Crippen LogP contribution is -2.55. The molecule has 3 aliphatic heterocycles. The molecule has 252 valence electrons. The molecule has 11 nitrogen and oxygen atoms in total. The Morgan fingerprint density at radius 1 is 0.708 bits per heavy atom. The number of hydrogen-bond donors (Lipinski definition) is 1. The number of alkyl carbamates (subject to hydrolysis) is 1. The first-order valence-corrected chi connectivity index (χ1v) is 17.0. The van der Waals surface area contributed by atoms with E-state index >= 15 is 0 Å². The van der Waals surface area contributed by atoms with Crippen LogP contribution in [0.1, 0.15) is 36.0 Å². The summed E-state index contributed by atoms with van der Waals surface area (Å²) >= 11 is 0. The molecular formula is C37H44N6O5. The number of aromatic nitrogens is 1. The molecule has 1 aromatic heterocycles. The minimum Gasteiger partial charge on any atom is -0.439 e. The molecule has 3 fully saturated rings. The van der Waals surface area contributed by atoms with Crippen molar-refractivity contribution in [2.24, 2.45) is 5.92 Å². The molecule has 0 aliphatic carbocycles. The van der Waals surface area contributed by atoms with Gasteiger partial charge in [0, 0.05) is 88.1 Å². The zero-order valence-electron chi connectivity index (χ0n) is 27.6. The number of nitrogens with zero attached hydrogens (tertiary/aromatic N) is 5. The van der Waals surface area contributed by atoms with Crippen molar-refractivity contribution >= 4 is 23.8 Å². The van der Waals surface area contributed by atoms with Crippen molar-refractivity contribution in [3.05, 3.63) is 78.4 Å². The number of nitrogens with one attached hydrogen (secondary N) is 1. The fourth-order valence-electron chi connectivity index (χ4n) is 7.02. The van der Waals surface area contributed by atoms with Gasteiger partial charge in [-0.2, -0.15) is 0 Å². The van der Waals surface area contributed by atoms with Crippen LogP contribution in [0.5, 0.6) is 0 Å². The van der Waals surface area contributed by atoms with Crippen LogP contribution in [0.25, 0.3) is 22.5 Å². The van der Waals surface area contributed by atoms with Gasteiger partial charge in [-0.05, 0) is 37.8 Å². The highest BCUT2D eigenvalue weighted by molar-refractivity contribution is 5.96. The Balaban J connectivity index is 0.992. The summed E-state index contributed by atoms with van der Waals surface area (Å²) in [5.41, 5.74) is 4.17. The summed E-state index contributed by atoms with van der Waals surface area (Å²) in [6.07, 6.45) is 2.44. The van der Waals surface area contributed by atoms with Gasteiger partial charge in [-0.25, -0.2) is 9.78 Å². The third-order valence-electron chi connectivity index (χ3n) is 9.83. The van der Waals surface area contributed by atoms with Gasteiger partial charge in [0.15, 0.2) is 6.61 Å². The molecule has 0 saturated carbocycles. The van der Waals surface area contributed by atoms with Crippen LogP contribution >= 0.6 is 0 Å². The van der Waals surface area contributed by atoms with E-state index in [0.29, 0.717) is 50.6 Å². The molecule has 0 bridgehead atoms. The Labute approximate surface area is 281 Å². The van der Waals surface area contributed by atoms with Gasteiger partial charge in [0.25, 0.3) is 11.8 Å². The highest BCUT2D eigenvalue weighted by Gasteiger charge is 2.34.